The second-order valence-electron chi connectivity index (χ2n) is 4.94. The van der Waals surface area contributed by atoms with Crippen molar-refractivity contribution in [2.24, 2.45) is 0 Å². The Labute approximate surface area is 136 Å². The van der Waals surface area contributed by atoms with Gasteiger partial charge in [-0.3, -0.25) is 4.98 Å². The van der Waals surface area contributed by atoms with Crippen molar-refractivity contribution < 1.29 is 17.9 Å². The zero-order valence-corrected chi connectivity index (χ0v) is 14.2. The molecule has 124 valence electrons. The molecule has 0 unspecified atom stereocenters. The third-order valence-corrected chi connectivity index (χ3v) is 4.97. The fraction of sp³-hybridized carbons (Fsp3) is 0.312. The van der Waals surface area contributed by atoms with Crippen LogP contribution in [0.15, 0.2) is 41.4 Å². The first kappa shape index (κ1) is 17.2. The minimum absolute atomic E-state index is 0.177. The first-order chi connectivity index (χ1) is 11.0. The lowest BCUT2D eigenvalue weighted by Crippen LogP contribution is -2.27. The second kappa shape index (κ2) is 7.43. The van der Waals surface area contributed by atoms with Gasteiger partial charge in [0.05, 0.1) is 19.1 Å². The highest BCUT2D eigenvalue weighted by atomic mass is 32.2. The van der Waals surface area contributed by atoms with E-state index in [-0.39, 0.29) is 11.4 Å². The molecule has 1 aromatic carbocycles. The molecule has 0 saturated heterocycles. The number of aryl methyl sites for hydroxylation is 1. The van der Waals surface area contributed by atoms with E-state index in [9.17, 15) is 8.42 Å². The average Bonchev–Trinajstić information content (AvgIpc) is 2.55. The lowest BCUT2D eigenvalue weighted by Gasteiger charge is -2.13. The highest BCUT2D eigenvalue weighted by molar-refractivity contribution is 7.89. The van der Waals surface area contributed by atoms with Crippen LogP contribution in [0.25, 0.3) is 0 Å². The molecule has 0 radical (unpaired) electrons. The number of hydrogen-bond donors (Lipinski definition) is 1. The predicted molar refractivity (Wildman–Crippen MR) is 87.4 cm³/mol. The van der Waals surface area contributed by atoms with E-state index in [4.69, 9.17) is 9.47 Å². The molecule has 1 N–H and O–H groups in total. The Morgan fingerprint density at radius 3 is 2.43 bits per heavy atom. The molecule has 0 bridgehead atoms. The van der Waals surface area contributed by atoms with Gasteiger partial charge in [0.1, 0.15) is 0 Å². The van der Waals surface area contributed by atoms with E-state index >= 15 is 0 Å². The van der Waals surface area contributed by atoms with Crippen molar-refractivity contribution >= 4 is 10.0 Å². The minimum atomic E-state index is -3.63. The summed E-state index contributed by atoms with van der Waals surface area (Å²) in [5.41, 5.74) is 1.42. The number of sulfonamides is 1. The van der Waals surface area contributed by atoms with Crippen LogP contribution in [-0.2, 0) is 16.4 Å². The SMILES string of the molecule is COc1cc(C)c(S(=O)(=O)NCCc2ccccn2)cc1OC. The summed E-state index contributed by atoms with van der Waals surface area (Å²) in [5.74, 6) is 0.876. The topological polar surface area (TPSA) is 77.5 Å². The largest absolute Gasteiger partial charge is 0.493 e. The highest BCUT2D eigenvalue weighted by Crippen LogP contribution is 2.32. The molecule has 0 aliphatic rings. The monoisotopic (exact) mass is 336 g/mol. The Bertz CT molecular complexity index is 761. The lowest BCUT2D eigenvalue weighted by molar-refractivity contribution is 0.353. The van der Waals surface area contributed by atoms with E-state index in [0.29, 0.717) is 23.5 Å². The van der Waals surface area contributed by atoms with Gasteiger partial charge in [-0.25, -0.2) is 13.1 Å². The Morgan fingerprint density at radius 2 is 1.83 bits per heavy atom. The quantitative estimate of drug-likeness (QED) is 0.836. The molecule has 0 saturated carbocycles. The zero-order valence-electron chi connectivity index (χ0n) is 13.4. The van der Waals surface area contributed by atoms with E-state index in [0.717, 1.165) is 5.69 Å². The van der Waals surface area contributed by atoms with Gasteiger partial charge in [0, 0.05) is 30.9 Å². The maximum Gasteiger partial charge on any atom is 0.240 e. The van der Waals surface area contributed by atoms with Crippen molar-refractivity contribution in [1.29, 1.82) is 0 Å². The van der Waals surface area contributed by atoms with Crippen LogP contribution in [0.1, 0.15) is 11.3 Å². The molecule has 1 aromatic heterocycles. The van der Waals surface area contributed by atoms with Gasteiger partial charge < -0.3 is 9.47 Å². The first-order valence-corrected chi connectivity index (χ1v) is 8.58. The summed E-state index contributed by atoms with van der Waals surface area (Å²) >= 11 is 0. The summed E-state index contributed by atoms with van der Waals surface area (Å²) in [5, 5.41) is 0. The van der Waals surface area contributed by atoms with Crippen molar-refractivity contribution in [2.45, 2.75) is 18.2 Å². The lowest BCUT2D eigenvalue weighted by atomic mass is 10.2. The molecule has 0 amide bonds. The second-order valence-corrected chi connectivity index (χ2v) is 6.68. The van der Waals surface area contributed by atoms with Crippen molar-refractivity contribution in [3.63, 3.8) is 0 Å². The number of benzene rings is 1. The van der Waals surface area contributed by atoms with Crippen molar-refractivity contribution in [3.8, 4) is 11.5 Å². The van der Waals surface area contributed by atoms with Crippen LogP contribution in [0.3, 0.4) is 0 Å². The normalized spacial score (nSPS) is 11.3. The van der Waals surface area contributed by atoms with Crippen LogP contribution in [0.5, 0.6) is 11.5 Å². The molecule has 6 nitrogen and oxygen atoms in total. The number of pyridine rings is 1. The van der Waals surface area contributed by atoms with Crippen LogP contribution in [0.4, 0.5) is 0 Å². The standard InChI is InChI=1S/C16H20N2O4S/c1-12-10-14(21-2)15(22-3)11-16(12)23(19,20)18-9-7-13-6-4-5-8-17-13/h4-6,8,10-11,18H,7,9H2,1-3H3. The number of ether oxygens (including phenoxy) is 2. The molecule has 2 aromatic rings. The van der Waals surface area contributed by atoms with E-state index in [1.54, 1.807) is 19.2 Å². The molecular formula is C16H20N2O4S. The van der Waals surface area contributed by atoms with Crippen molar-refractivity contribution in [1.82, 2.24) is 9.71 Å². The maximum atomic E-state index is 12.5. The number of rotatable bonds is 7. The Balaban J connectivity index is 2.16. The van der Waals surface area contributed by atoms with Gasteiger partial charge in [-0.1, -0.05) is 6.07 Å². The van der Waals surface area contributed by atoms with Crippen molar-refractivity contribution in [3.05, 3.63) is 47.8 Å². The average molecular weight is 336 g/mol. The van der Waals surface area contributed by atoms with E-state index < -0.39 is 10.0 Å². The molecule has 1 heterocycles. The Hall–Kier alpha value is -2.12. The summed E-state index contributed by atoms with van der Waals surface area (Å²) in [4.78, 5) is 4.34. The first-order valence-electron chi connectivity index (χ1n) is 7.10. The zero-order chi connectivity index (χ0) is 16.9. The van der Waals surface area contributed by atoms with Gasteiger partial charge in [0.25, 0.3) is 0 Å². The van der Waals surface area contributed by atoms with Gasteiger partial charge >= 0.3 is 0 Å². The highest BCUT2D eigenvalue weighted by Gasteiger charge is 2.20. The number of methoxy groups -OCH3 is 2. The van der Waals surface area contributed by atoms with Crippen LogP contribution < -0.4 is 14.2 Å². The van der Waals surface area contributed by atoms with Crippen LogP contribution >= 0.6 is 0 Å². The third-order valence-electron chi connectivity index (χ3n) is 3.37. The fourth-order valence-corrected chi connectivity index (χ4v) is 3.46. The number of hydrogen-bond acceptors (Lipinski definition) is 5. The van der Waals surface area contributed by atoms with E-state index in [1.165, 1.54) is 20.3 Å². The van der Waals surface area contributed by atoms with Gasteiger partial charge in [0.15, 0.2) is 11.5 Å². The van der Waals surface area contributed by atoms with Gasteiger partial charge in [-0.05, 0) is 30.7 Å². The minimum Gasteiger partial charge on any atom is -0.493 e. The number of aromatic nitrogens is 1. The summed E-state index contributed by atoms with van der Waals surface area (Å²) in [6.45, 7) is 1.99. The summed E-state index contributed by atoms with van der Waals surface area (Å²) in [6.07, 6.45) is 2.20. The molecule has 0 fully saturated rings. The van der Waals surface area contributed by atoms with Crippen molar-refractivity contribution in [2.75, 3.05) is 20.8 Å². The number of nitrogens with zero attached hydrogens (tertiary/aromatic N) is 1. The molecule has 2 rings (SSSR count). The van der Waals surface area contributed by atoms with Crippen LogP contribution in [0.2, 0.25) is 0 Å². The maximum absolute atomic E-state index is 12.5. The van der Waals surface area contributed by atoms with Crippen LogP contribution in [-0.4, -0.2) is 34.2 Å². The summed E-state index contributed by atoms with van der Waals surface area (Å²) in [6, 6.07) is 8.66. The molecule has 0 aliphatic heterocycles. The van der Waals surface area contributed by atoms with E-state index in [2.05, 4.69) is 9.71 Å². The molecule has 0 aliphatic carbocycles. The van der Waals surface area contributed by atoms with Gasteiger partial charge in [0.2, 0.25) is 10.0 Å². The molecule has 0 atom stereocenters. The van der Waals surface area contributed by atoms with Crippen LogP contribution in [0, 0.1) is 6.92 Å². The van der Waals surface area contributed by atoms with E-state index in [1.807, 2.05) is 18.2 Å². The fourth-order valence-electron chi connectivity index (χ4n) is 2.19. The Morgan fingerprint density at radius 1 is 1.13 bits per heavy atom. The summed E-state index contributed by atoms with van der Waals surface area (Å²) in [7, 11) is -0.651. The predicted octanol–water partition coefficient (Wildman–Crippen LogP) is 1.93. The third kappa shape index (κ3) is 4.20. The molecular weight excluding hydrogens is 316 g/mol. The summed E-state index contributed by atoms with van der Waals surface area (Å²) < 4.78 is 37.9. The molecule has 0 spiro atoms. The smallest absolute Gasteiger partial charge is 0.240 e. The Kier molecular flexibility index (Phi) is 5.57. The molecule has 23 heavy (non-hydrogen) atoms. The number of nitrogens with one attached hydrogen (secondary N) is 1. The van der Waals surface area contributed by atoms with Gasteiger partial charge in [-0.15, -0.1) is 0 Å². The van der Waals surface area contributed by atoms with Gasteiger partial charge in [-0.2, -0.15) is 0 Å². The molecule has 7 heteroatoms.